The third kappa shape index (κ3) is 29.1. The van der Waals surface area contributed by atoms with Gasteiger partial charge in [-0.25, -0.2) is 14.8 Å². The number of imidazole rings is 2. The quantitative estimate of drug-likeness (QED) is 0.0195. The summed E-state index contributed by atoms with van der Waals surface area (Å²) in [5.41, 5.74) is 18.0. The third-order valence-corrected chi connectivity index (χ3v) is 17.3. The fourth-order valence-electron chi connectivity index (χ4n) is 11.4. The number of H-pyrrole nitrogens is 2. The number of aromatic nitrogens is 4. The van der Waals surface area contributed by atoms with Crippen LogP contribution in [0.3, 0.4) is 0 Å². The summed E-state index contributed by atoms with van der Waals surface area (Å²) in [6.45, 7) is 4.04. The molecule has 24 N–H and O–H groups in total. The van der Waals surface area contributed by atoms with Crippen molar-refractivity contribution in [3.63, 3.8) is 0 Å². The van der Waals surface area contributed by atoms with Gasteiger partial charge in [-0.15, -0.1) is 0 Å². The van der Waals surface area contributed by atoms with Gasteiger partial charge >= 0.3 is 17.9 Å². The minimum atomic E-state index is -1.97. The number of carboxylic acid groups (broad SMARTS) is 3. The molecule has 14 amide bonds. The maximum atomic E-state index is 14.7. The smallest absolute Gasteiger partial charge is 0.326 e. The van der Waals surface area contributed by atoms with Crippen molar-refractivity contribution in [3.05, 3.63) is 108 Å². The van der Waals surface area contributed by atoms with Crippen molar-refractivity contribution in [3.8, 4) is 0 Å². The number of likely N-dealkylation sites (tertiary alicyclic amines) is 1. The number of aliphatic hydroxyl groups excluding tert-OH is 2. The molecule has 598 valence electrons. The number of amides is 14. The first-order valence-corrected chi connectivity index (χ1v) is 35.0. The first kappa shape index (κ1) is 88.4. The molecular formula is C69H95N19O22. The highest BCUT2D eigenvalue weighted by Crippen LogP contribution is 2.21. The van der Waals surface area contributed by atoms with Crippen LogP contribution < -0.4 is 75.7 Å². The van der Waals surface area contributed by atoms with Crippen LogP contribution in [0.1, 0.15) is 108 Å². The van der Waals surface area contributed by atoms with Crippen molar-refractivity contribution in [1.82, 2.24) is 83.3 Å². The van der Waals surface area contributed by atoms with Gasteiger partial charge < -0.3 is 116 Å². The SMILES string of the molecule is CC(C)[C@H](NC(=O)[C@H](CCC(N)=O)NC(=O)[C@@H](N)CCC(N)=O)C(=O)N[C@@H](Cc1cnc[nH]1)C(=O)N[C@@H](Cc1ccccc1)C(=O)N[C@H](C(=O)N1CCC[C@H]1C(=O)N[C@H](C(=O)N[C@@H](CCC(=O)O)C(=O)NCC(=O)N[C@@H](CC(=O)O)C(=O)N[C@@H](Cc1ccccc1)C(=O)N[C@@H](Cc1cnc[nH]1)C(=O)O)[C@@H](C)O)[C@@H](C)O. The molecule has 5 rings (SSSR count). The van der Waals surface area contributed by atoms with Gasteiger partial charge in [-0.05, 0) is 63.0 Å². The molecule has 2 aromatic heterocycles. The zero-order valence-corrected chi connectivity index (χ0v) is 60.6. The average Bonchev–Trinajstić information content (AvgIpc) is 1.58. The van der Waals surface area contributed by atoms with E-state index in [4.69, 9.17) is 17.2 Å². The number of nitrogens with two attached hydrogens (primary N) is 3. The molecule has 1 aliphatic rings. The minimum Gasteiger partial charge on any atom is -0.481 e. The van der Waals surface area contributed by atoms with E-state index in [2.05, 4.69) is 78.4 Å². The number of carbonyl (C=O) groups excluding carboxylic acids is 14. The standard InChI is InChI=1S/C69H95N19O22/c1-34(2)55(85-60(100)43(18-21-51(72)92)79-58(98)41(70)17-20-50(71)91)66(106)83-46(26-39-29-73-32-76-39)62(102)82-45(25-38-14-9-6-10-15-38)64(104)87-57(36(4)90)68(108)88-23-11-16-49(88)65(105)86-56(35(3)89)67(107)80-42(19-22-53(94)95)59(99)75-31-52(93)78-47(28-54(96)97)63(103)81-44(24-37-12-7-5-8-13-37)61(101)84-48(69(109)110)27-40-30-74-33-77-40/h5-10,12-15,29-30,32-36,41-49,55-57,89-90H,11,16-28,31,70H2,1-4H3,(H2,71,91)(H2,72,92)(H,73,76)(H,74,77)(H,75,99)(H,78,93)(H,79,98)(H,80,107)(H,81,103)(H,82,102)(H,83,106)(H,84,101)(H,85,100)(H,86,105)(H,87,104)(H,94,95)(H,96,97)(H,109,110)/t35-,36-,41+,42+,43+,44+,45+,46+,47+,48+,49+,55+,56+,57+/m1/s1. The molecule has 3 heterocycles. The third-order valence-electron chi connectivity index (χ3n) is 17.3. The summed E-state index contributed by atoms with van der Waals surface area (Å²) in [6, 6.07) is -3.49. The Morgan fingerprint density at radius 2 is 0.918 bits per heavy atom. The highest BCUT2D eigenvalue weighted by atomic mass is 16.4. The minimum absolute atomic E-state index is 0.102. The van der Waals surface area contributed by atoms with Gasteiger partial charge in [-0.2, -0.15) is 0 Å². The Kier molecular flexibility index (Phi) is 35.0. The first-order valence-electron chi connectivity index (χ1n) is 35.0. The van der Waals surface area contributed by atoms with Crippen LogP contribution in [-0.4, -0.2) is 249 Å². The van der Waals surface area contributed by atoms with Crippen LogP contribution >= 0.6 is 0 Å². The van der Waals surface area contributed by atoms with Crippen LogP contribution in [0, 0.1) is 5.92 Å². The number of nitrogens with one attached hydrogen (secondary N) is 13. The van der Waals surface area contributed by atoms with E-state index in [0.29, 0.717) is 22.5 Å². The highest BCUT2D eigenvalue weighted by molar-refractivity contribution is 6.00. The van der Waals surface area contributed by atoms with Gasteiger partial charge in [0.25, 0.3) is 0 Å². The van der Waals surface area contributed by atoms with Crippen molar-refractivity contribution in [2.24, 2.45) is 23.1 Å². The number of primary amides is 2. The largest absolute Gasteiger partial charge is 0.481 e. The Morgan fingerprint density at radius 1 is 0.482 bits per heavy atom. The van der Waals surface area contributed by atoms with Gasteiger partial charge in [0.05, 0.1) is 43.9 Å². The van der Waals surface area contributed by atoms with Crippen LogP contribution in [0.2, 0.25) is 0 Å². The van der Waals surface area contributed by atoms with E-state index in [1.165, 1.54) is 25.0 Å². The maximum absolute atomic E-state index is 14.7. The van der Waals surface area contributed by atoms with Crippen LogP contribution in [0.25, 0.3) is 0 Å². The second-order valence-electron chi connectivity index (χ2n) is 26.5. The fraction of sp³-hybridized carbons (Fsp3) is 0.493. The molecule has 0 radical (unpaired) electrons. The van der Waals surface area contributed by atoms with Gasteiger partial charge in [0.1, 0.15) is 66.5 Å². The monoisotopic (exact) mass is 1540 g/mol. The van der Waals surface area contributed by atoms with E-state index in [9.17, 15) is 107 Å². The molecule has 2 aromatic carbocycles. The Balaban J connectivity index is 1.29. The van der Waals surface area contributed by atoms with Gasteiger partial charge in [0.15, 0.2) is 0 Å². The normalized spacial score (nSPS) is 16.0. The summed E-state index contributed by atoms with van der Waals surface area (Å²) >= 11 is 0. The number of nitrogens with zero attached hydrogens (tertiary/aromatic N) is 3. The maximum Gasteiger partial charge on any atom is 0.326 e. The molecule has 4 aromatic rings. The van der Waals surface area contributed by atoms with E-state index in [-0.39, 0.29) is 64.3 Å². The predicted octanol–water partition coefficient (Wildman–Crippen LogP) is -6.94. The lowest BCUT2D eigenvalue weighted by Crippen LogP contribution is -2.63. The molecule has 110 heavy (non-hydrogen) atoms. The number of carboxylic acids is 3. The predicted molar refractivity (Wildman–Crippen MR) is 382 cm³/mol. The van der Waals surface area contributed by atoms with Gasteiger partial charge in [0.2, 0.25) is 82.7 Å². The molecule has 0 bridgehead atoms. The molecule has 0 aliphatic carbocycles. The van der Waals surface area contributed by atoms with Crippen molar-refractivity contribution in [1.29, 1.82) is 0 Å². The zero-order chi connectivity index (χ0) is 81.5. The fourth-order valence-corrected chi connectivity index (χ4v) is 11.4. The molecule has 1 aliphatic heterocycles. The van der Waals surface area contributed by atoms with E-state index in [1.807, 2.05) is 0 Å². The Bertz CT molecular complexity index is 3870. The molecule has 1 fully saturated rings. The Morgan fingerprint density at radius 3 is 1.41 bits per heavy atom. The number of rotatable bonds is 46. The Labute approximate surface area is 629 Å². The highest BCUT2D eigenvalue weighted by Gasteiger charge is 2.43. The second-order valence-corrected chi connectivity index (χ2v) is 26.5. The Hall–Kier alpha value is -12.3. The van der Waals surface area contributed by atoms with Crippen molar-refractivity contribution >= 4 is 101 Å². The number of hydrogen-bond donors (Lipinski definition) is 21. The molecular weight excluding hydrogens is 1450 g/mol. The number of aliphatic carboxylic acids is 3. The zero-order valence-electron chi connectivity index (χ0n) is 60.6. The van der Waals surface area contributed by atoms with Crippen LogP contribution in [0.4, 0.5) is 0 Å². The van der Waals surface area contributed by atoms with Crippen molar-refractivity contribution in [2.75, 3.05) is 13.1 Å². The van der Waals surface area contributed by atoms with Crippen molar-refractivity contribution < 1.29 is 107 Å². The summed E-state index contributed by atoms with van der Waals surface area (Å²) in [5.74, 6) is -19.9. The number of carbonyl (C=O) groups is 17. The number of aromatic amines is 2. The van der Waals surface area contributed by atoms with Crippen molar-refractivity contribution in [2.45, 2.75) is 196 Å². The van der Waals surface area contributed by atoms with Crippen LogP contribution in [-0.2, 0) is 107 Å². The van der Waals surface area contributed by atoms with E-state index >= 15 is 0 Å². The lowest BCUT2D eigenvalue weighted by atomic mass is 10.00. The number of benzene rings is 2. The van der Waals surface area contributed by atoms with E-state index < -0.39 is 223 Å². The summed E-state index contributed by atoms with van der Waals surface area (Å²) in [6.07, 6.45) is -3.16. The van der Waals surface area contributed by atoms with Gasteiger partial charge in [-0.3, -0.25) is 76.7 Å². The second kappa shape index (κ2) is 43.5. The summed E-state index contributed by atoms with van der Waals surface area (Å²) in [5, 5.41) is 77.6. The lowest BCUT2D eigenvalue weighted by Gasteiger charge is -2.32. The first-order chi connectivity index (χ1) is 52.0. The molecule has 0 unspecified atom stereocenters. The molecule has 41 nitrogen and oxygen atoms in total. The number of hydrogen-bond acceptors (Lipinski definition) is 22. The molecule has 41 heteroatoms. The van der Waals surface area contributed by atoms with Gasteiger partial charge in [0, 0.05) is 75.3 Å². The molecule has 1 saturated heterocycles. The summed E-state index contributed by atoms with van der Waals surface area (Å²) in [7, 11) is 0. The van der Waals surface area contributed by atoms with E-state index in [0.717, 1.165) is 18.7 Å². The number of aliphatic hydroxyl groups is 2. The van der Waals surface area contributed by atoms with Crippen LogP contribution in [0.5, 0.6) is 0 Å². The summed E-state index contributed by atoms with van der Waals surface area (Å²) in [4.78, 5) is 242. The van der Waals surface area contributed by atoms with E-state index in [1.54, 1.807) is 74.5 Å². The van der Waals surface area contributed by atoms with Crippen LogP contribution in [0.15, 0.2) is 85.7 Å². The van der Waals surface area contributed by atoms with Gasteiger partial charge in [-0.1, -0.05) is 74.5 Å². The molecule has 0 saturated carbocycles. The summed E-state index contributed by atoms with van der Waals surface area (Å²) < 4.78 is 0. The topological polar surface area (TPSA) is 662 Å². The molecule has 0 spiro atoms. The lowest BCUT2D eigenvalue weighted by molar-refractivity contribution is -0.145. The average molecular weight is 1540 g/mol. The molecule has 14 atom stereocenters.